The van der Waals surface area contributed by atoms with Crippen LogP contribution in [0.25, 0.3) is 0 Å². The van der Waals surface area contributed by atoms with Crippen LogP contribution >= 0.6 is 11.3 Å². The highest BCUT2D eigenvalue weighted by Crippen LogP contribution is 2.38. The van der Waals surface area contributed by atoms with Crippen LogP contribution in [0.1, 0.15) is 51.5 Å². The Kier molecular flexibility index (Phi) is 3.12. The zero-order chi connectivity index (χ0) is 13.8. The van der Waals surface area contributed by atoms with Gasteiger partial charge in [-0.25, -0.2) is 0 Å². The van der Waals surface area contributed by atoms with Crippen molar-refractivity contribution in [3.05, 3.63) is 16.5 Å². The van der Waals surface area contributed by atoms with Crippen molar-refractivity contribution < 1.29 is 9.31 Å². The maximum atomic E-state index is 6.14. The minimum atomic E-state index is -0.241. The average Bonchev–Trinajstić information content (AvgIpc) is 2.78. The van der Waals surface area contributed by atoms with Gasteiger partial charge in [0.25, 0.3) is 0 Å². The van der Waals surface area contributed by atoms with Crippen molar-refractivity contribution in [3.63, 3.8) is 0 Å². The summed E-state index contributed by atoms with van der Waals surface area (Å²) < 4.78 is 13.5. The molecule has 4 heteroatoms. The van der Waals surface area contributed by atoms with Crippen LogP contribution in [0.4, 0.5) is 0 Å². The monoisotopic (exact) mass is 278 g/mol. The topological polar surface area (TPSA) is 18.5 Å². The van der Waals surface area contributed by atoms with E-state index in [0.717, 1.165) is 5.92 Å². The van der Waals surface area contributed by atoms with Crippen molar-refractivity contribution >= 4 is 23.2 Å². The van der Waals surface area contributed by atoms with Gasteiger partial charge in [0, 0.05) is 9.65 Å². The average molecular weight is 278 g/mol. The Bertz CT molecular complexity index is 476. The predicted molar refractivity (Wildman–Crippen MR) is 81.2 cm³/mol. The first-order valence-corrected chi connectivity index (χ1v) is 8.07. The number of hydrogen-bond donors (Lipinski definition) is 0. The Hall–Kier alpha value is -0.315. The van der Waals surface area contributed by atoms with Crippen LogP contribution in [0.15, 0.2) is 6.07 Å². The summed E-state index contributed by atoms with van der Waals surface area (Å²) in [5.41, 5.74) is 1.04. The van der Waals surface area contributed by atoms with Gasteiger partial charge in [0.15, 0.2) is 0 Å². The molecule has 2 heterocycles. The first kappa shape index (κ1) is 13.7. The van der Waals surface area contributed by atoms with E-state index in [1.54, 1.807) is 4.88 Å². The van der Waals surface area contributed by atoms with Gasteiger partial charge in [-0.1, -0.05) is 6.92 Å². The van der Waals surface area contributed by atoms with Crippen LogP contribution in [0.5, 0.6) is 0 Å². The highest BCUT2D eigenvalue weighted by Gasteiger charge is 2.52. The normalized spacial score (nSPS) is 28.5. The lowest BCUT2D eigenvalue weighted by atomic mass is 9.84. The molecular weight excluding hydrogens is 255 g/mol. The van der Waals surface area contributed by atoms with E-state index in [1.807, 2.05) is 11.3 Å². The second kappa shape index (κ2) is 4.34. The Morgan fingerprint density at radius 1 is 1.21 bits per heavy atom. The number of fused-ring (bicyclic) bond motifs is 1. The fourth-order valence-corrected chi connectivity index (χ4v) is 3.98. The van der Waals surface area contributed by atoms with E-state index in [0.29, 0.717) is 0 Å². The molecule has 1 aromatic rings. The van der Waals surface area contributed by atoms with Gasteiger partial charge in [-0.2, -0.15) is 0 Å². The second-order valence-corrected chi connectivity index (χ2v) is 8.20. The summed E-state index contributed by atoms with van der Waals surface area (Å²) in [4.78, 5) is 1.54. The van der Waals surface area contributed by atoms with Crippen molar-refractivity contribution in [1.82, 2.24) is 0 Å². The third kappa shape index (κ3) is 2.28. The number of hydrogen-bond acceptors (Lipinski definition) is 3. The van der Waals surface area contributed by atoms with Crippen molar-refractivity contribution in [3.8, 4) is 0 Å². The first-order valence-electron chi connectivity index (χ1n) is 7.25. The van der Waals surface area contributed by atoms with E-state index in [9.17, 15) is 0 Å². The molecule has 1 fully saturated rings. The summed E-state index contributed by atoms with van der Waals surface area (Å²) in [6, 6.07) is 2.32. The molecule has 19 heavy (non-hydrogen) atoms. The van der Waals surface area contributed by atoms with Crippen LogP contribution in [0, 0.1) is 5.92 Å². The number of thiophene rings is 1. The molecule has 0 amide bonds. The van der Waals surface area contributed by atoms with Crippen molar-refractivity contribution in [2.24, 2.45) is 5.92 Å². The van der Waals surface area contributed by atoms with Gasteiger partial charge in [0.1, 0.15) is 0 Å². The summed E-state index contributed by atoms with van der Waals surface area (Å²) >= 11 is 1.89. The molecule has 1 aliphatic carbocycles. The Balaban J connectivity index is 1.85. The number of rotatable bonds is 1. The quantitative estimate of drug-likeness (QED) is 0.735. The molecule has 3 rings (SSSR count). The molecular formula is C15H23BO2S. The smallest absolute Gasteiger partial charge is 0.399 e. The van der Waals surface area contributed by atoms with E-state index in [1.165, 1.54) is 29.6 Å². The van der Waals surface area contributed by atoms with Gasteiger partial charge >= 0.3 is 7.12 Å². The van der Waals surface area contributed by atoms with Gasteiger partial charge < -0.3 is 9.31 Å². The molecule has 0 radical (unpaired) electrons. The maximum absolute atomic E-state index is 6.14. The molecule has 0 saturated carbocycles. The Labute approximate surface area is 120 Å². The zero-order valence-electron chi connectivity index (χ0n) is 12.6. The molecule has 2 nitrogen and oxygen atoms in total. The fraction of sp³-hybridized carbons (Fsp3) is 0.733. The van der Waals surface area contributed by atoms with Crippen molar-refractivity contribution in [2.45, 2.75) is 65.1 Å². The molecule has 0 bridgehead atoms. The van der Waals surface area contributed by atoms with Crippen LogP contribution in [-0.4, -0.2) is 18.3 Å². The largest absolute Gasteiger partial charge is 0.505 e. The second-order valence-electron chi connectivity index (χ2n) is 7.03. The minimum Gasteiger partial charge on any atom is -0.399 e. The SMILES string of the molecule is CC1CCc2sc(B3OC(C)(C)C(C)(C)O3)cc2C1. The van der Waals surface area contributed by atoms with Gasteiger partial charge in [-0.05, 0) is 64.5 Å². The van der Waals surface area contributed by atoms with Gasteiger partial charge in [-0.15, -0.1) is 11.3 Å². The lowest BCUT2D eigenvalue weighted by Crippen LogP contribution is -2.41. The lowest BCUT2D eigenvalue weighted by molar-refractivity contribution is 0.00578. The molecule has 2 aliphatic rings. The Morgan fingerprint density at radius 2 is 1.84 bits per heavy atom. The van der Waals surface area contributed by atoms with E-state index in [4.69, 9.17) is 9.31 Å². The predicted octanol–water partition coefficient (Wildman–Crippen LogP) is 3.17. The third-order valence-electron chi connectivity index (χ3n) is 4.83. The van der Waals surface area contributed by atoms with E-state index < -0.39 is 0 Å². The summed E-state index contributed by atoms with van der Waals surface area (Å²) in [6.07, 6.45) is 3.75. The van der Waals surface area contributed by atoms with Crippen LogP contribution < -0.4 is 4.78 Å². The summed E-state index contributed by atoms with van der Waals surface area (Å²) in [7, 11) is -0.184. The zero-order valence-corrected chi connectivity index (χ0v) is 13.4. The molecule has 0 N–H and O–H groups in total. The van der Waals surface area contributed by atoms with E-state index in [2.05, 4.69) is 40.7 Å². The van der Waals surface area contributed by atoms with Crippen LogP contribution in [0.2, 0.25) is 0 Å². The van der Waals surface area contributed by atoms with Crippen molar-refractivity contribution in [1.29, 1.82) is 0 Å². The highest BCUT2D eigenvalue weighted by atomic mass is 32.1. The molecule has 104 valence electrons. The van der Waals surface area contributed by atoms with Crippen LogP contribution in [-0.2, 0) is 22.2 Å². The molecule has 1 unspecified atom stereocenters. The van der Waals surface area contributed by atoms with Gasteiger partial charge in [-0.3, -0.25) is 0 Å². The first-order chi connectivity index (χ1) is 8.78. The van der Waals surface area contributed by atoms with Gasteiger partial charge in [0.05, 0.1) is 11.2 Å². The maximum Gasteiger partial charge on any atom is 0.505 e. The van der Waals surface area contributed by atoms with E-state index >= 15 is 0 Å². The molecule has 1 aliphatic heterocycles. The third-order valence-corrected chi connectivity index (χ3v) is 6.09. The van der Waals surface area contributed by atoms with Crippen molar-refractivity contribution in [2.75, 3.05) is 0 Å². The number of aryl methyl sites for hydroxylation is 1. The summed E-state index contributed by atoms with van der Waals surface area (Å²) in [5, 5.41) is 0. The lowest BCUT2D eigenvalue weighted by Gasteiger charge is -2.32. The molecule has 0 spiro atoms. The van der Waals surface area contributed by atoms with E-state index in [-0.39, 0.29) is 18.3 Å². The molecule has 1 atom stereocenters. The van der Waals surface area contributed by atoms with Gasteiger partial charge in [0.2, 0.25) is 0 Å². The molecule has 1 saturated heterocycles. The summed E-state index contributed by atoms with van der Waals surface area (Å²) in [6.45, 7) is 10.8. The highest BCUT2D eigenvalue weighted by molar-refractivity contribution is 7.22. The standard InChI is InChI=1S/C15H23BO2S/c1-10-6-7-12-11(8-10)9-13(19-12)16-17-14(2,3)15(4,5)18-16/h9-10H,6-8H2,1-5H3. The molecule has 1 aromatic heterocycles. The Morgan fingerprint density at radius 3 is 2.47 bits per heavy atom. The molecule has 0 aromatic carbocycles. The fourth-order valence-electron chi connectivity index (χ4n) is 2.80. The van der Waals surface area contributed by atoms with Crippen LogP contribution in [0.3, 0.4) is 0 Å². The minimum absolute atomic E-state index is 0.184. The summed E-state index contributed by atoms with van der Waals surface area (Å²) in [5.74, 6) is 0.813.